The molecule has 1 heteroatoms. The van der Waals surface area contributed by atoms with E-state index in [1.54, 1.807) is 0 Å². The summed E-state index contributed by atoms with van der Waals surface area (Å²) in [6, 6.07) is 6.41. The van der Waals surface area contributed by atoms with Gasteiger partial charge in [0.2, 0.25) is 0 Å². The highest BCUT2D eigenvalue weighted by Crippen LogP contribution is 2.11. The maximum Gasteiger partial charge on any atom is 0.0471 e. The lowest BCUT2D eigenvalue weighted by Crippen LogP contribution is -1.93. The summed E-state index contributed by atoms with van der Waals surface area (Å²) < 4.78 is 0. The highest BCUT2D eigenvalue weighted by Gasteiger charge is 1.97. The normalized spacial score (nSPS) is 10.2. The number of rotatable bonds is 3. The van der Waals surface area contributed by atoms with Gasteiger partial charge in [0.1, 0.15) is 0 Å². The fraction of sp³-hybridized carbons (Fsp3) is 0.455. The second kappa shape index (κ2) is 4.27. The van der Waals surface area contributed by atoms with E-state index in [2.05, 4.69) is 32.0 Å². The number of aliphatic hydroxyl groups excluding tert-OH is 1. The Bertz CT molecular complexity index is 253. The molecule has 1 aromatic rings. The minimum absolute atomic E-state index is 0.241. The zero-order valence-corrected chi connectivity index (χ0v) is 7.80. The molecule has 0 fully saturated rings. The summed E-state index contributed by atoms with van der Waals surface area (Å²) in [5, 5.41) is 8.74. The van der Waals surface area contributed by atoms with Crippen LogP contribution in [0.5, 0.6) is 0 Å². The number of aliphatic hydroxyl groups is 1. The van der Waals surface area contributed by atoms with Gasteiger partial charge in [0.25, 0.3) is 0 Å². The van der Waals surface area contributed by atoms with Crippen LogP contribution in [0.4, 0.5) is 0 Å². The number of aryl methyl sites for hydroxylation is 2. The molecule has 0 aliphatic rings. The zero-order valence-electron chi connectivity index (χ0n) is 7.80. The molecule has 1 N–H and O–H groups in total. The molecule has 0 spiro atoms. The van der Waals surface area contributed by atoms with Crippen LogP contribution in [0.15, 0.2) is 18.2 Å². The van der Waals surface area contributed by atoms with Gasteiger partial charge in [-0.3, -0.25) is 0 Å². The van der Waals surface area contributed by atoms with Gasteiger partial charge in [-0.15, -0.1) is 0 Å². The molecule has 1 aromatic carbocycles. The predicted octanol–water partition coefficient (Wildman–Crippen LogP) is 2.09. The first kappa shape index (κ1) is 9.27. The first-order valence-corrected chi connectivity index (χ1v) is 4.47. The molecule has 0 unspecified atom stereocenters. The van der Waals surface area contributed by atoms with Crippen LogP contribution in [0.25, 0.3) is 0 Å². The highest BCUT2D eigenvalue weighted by atomic mass is 16.2. The summed E-state index contributed by atoms with van der Waals surface area (Å²) in [5.41, 5.74) is 3.97. The molecule has 0 heterocycles. The Balaban J connectivity index is 2.86. The third-order valence-electron chi connectivity index (χ3n) is 2.19. The van der Waals surface area contributed by atoms with Crippen molar-refractivity contribution in [3.8, 4) is 0 Å². The van der Waals surface area contributed by atoms with E-state index in [1.807, 2.05) is 0 Å². The number of hydrogen-bond donors (Lipinski definition) is 1. The largest absolute Gasteiger partial charge is 0.396 e. The molecular weight excluding hydrogens is 148 g/mol. The maximum absolute atomic E-state index is 8.74. The van der Waals surface area contributed by atoms with Gasteiger partial charge in [-0.05, 0) is 36.5 Å². The van der Waals surface area contributed by atoms with E-state index < -0.39 is 0 Å². The second-order valence-electron chi connectivity index (χ2n) is 3.09. The third-order valence-corrected chi connectivity index (χ3v) is 2.19. The van der Waals surface area contributed by atoms with Crippen LogP contribution in [0.1, 0.15) is 23.6 Å². The van der Waals surface area contributed by atoms with Crippen molar-refractivity contribution < 1.29 is 5.11 Å². The van der Waals surface area contributed by atoms with Crippen molar-refractivity contribution in [1.82, 2.24) is 0 Å². The third kappa shape index (κ3) is 2.08. The summed E-state index contributed by atoms with van der Waals surface area (Å²) >= 11 is 0. The monoisotopic (exact) mass is 164 g/mol. The molecule has 0 aromatic heterocycles. The molecule has 0 amide bonds. The summed E-state index contributed by atoms with van der Waals surface area (Å²) in [6.07, 6.45) is 1.86. The van der Waals surface area contributed by atoms with Crippen LogP contribution >= 0.6 is 0 Å². The molecule has 0 saturated carbocycles. The molecule has 1 rings (SSSR count). The van der Waals surface area contributed by atoms with Gasteiger partial charge in [-0.25, -0.2) is 0 Å². The van der Waals surface area contributed by atoms with Crippen molar-refractivity contribution in [3.05, 3.63) is 34.9 Å². The van der Waals surface area contributed by atoms with E-state index in [1.165, 1.54) is 16.7 Å². The van der Waals surface area contributed by atoms with E-state index in [4.69, 9.17) is 5.11 Å². The van der Waals surface area contributed by atoms with Crippen LogP contribution in [0.2, 0.25) is 0 Å². The van der Waals surface area contributed by atoms with Gasteiger partial charge in [0, 0.05) is 6.61 Å². The van der Waals surface area contributed by atoms with Gasteiger partial charge in [-0.1, -0.05) is 25.1 Å². The minimum atomic E-state index is 0.241. The Morgan fingerprint density at radius 1 is 1.33 bits per heavy atom. The molecule has 66 valence electrons. The van der Waals surface area contributed by atoms with Crippen LogP contribution in [0, 0.1) is 6.92 Å². The van der Waals surface area contributed by atoms with E-state index in [0.717, 1.165) is 12.8 Å². The predicted molar refractivity (Wildman–Crippen MR) is 51.3 cm³/mol. The quantitative estimate of drug-likeness (QED) is 0.725. The van der Waals surface area contributed by atoms with E-state index in [-0.39, 0.29) is 6.61 Å². The molecule has 0 aliphatic carbocycles. The Morgan fingerprint density at radius 2 is 2.08 bits per heavy atom. The molecule has 0 aliphatic heterocycles. The lowest BCUT2D eigenvalue weighted by molar-refractivity contribution is 0.299. The molecule has 0 saturated heterocycles. The maximum atomic E-state index is 8.74. The summed E-state index contributed by atoms with van der Waals surface area (Å²) in [5.74, 6) is 0. The minimum Gasteiger partial charge on any atom is -0.396 e. The van der Waals surface area contributed by atoms with Gasteiger partial charge in [0.05, 0.1) is 0 Å². The lowest BCUT2D eigenvalue weighted by atomic mass is 10.0. The van der Waals surface area contributed by atoms with Crippen LogP contribution < -0.4 is 0 Å². The number of hydrogen-bond acceptors (Lipinski definition) is 1. The summed E-state index contributed by atoms with van der Waals surface area (Å²) in [4.78, 5) is 0. The fourth-order valence-corrected chi connectivity index (χ4v) is 1.44. The first-order valence-electron chi connectivity index (χ1n) is 4.47. The Kier molecular flexibility index (Phi) is 3.30. The molecule has 0 radical (unpaired) electrons. The zero-order chi connectivity index (χ0) is 8.97. The van der Waals surface area contributed by atoms with Crippen LogP contribution in [-0.4, -0.2) is 11.7 Å². The van der Waals surface area contributed by atoms with E-state index in [9.17, 15) is 0 Å². The summed E-state index contributed by atoms with van der Waals surface area (Å²) in [7, 11) is 0. The standard InChI is InChI=1S/C11H16O/c1-3-11-5-4-10(6-7-12)8-9(11)2/h4-5,8,12H,3,6-7H2,1-2H3. The van der Waals surface area contributed by atoms with Gasteiger partial charge in [0.15, 0.2) is 0 Å². The Hall–Kier alpha value is -0.820. The molecule has 12 heavy (non-hydrogen) atoms. The van der Waals surface area contributed by atoms with Gasteiger partial charge in [-0.2, -0.15) is 0 Å². The van der Waals surface area contributed by atoms with E-state index >= 15 is 0 Å². The molecule has 1 nitrogen and oxygen atoms in total. The van der Waals surface area contributed by atoms with Crippen LogP contribution in [0.3, 0.4) is 0 Å². The smallest absolute Gasteiger partial charge is 0.0471 e. The van der Waals surface area contributed by atoms with Gasteiger partial charge < -0.3 is 5.11 Å². The SMILES string of the molecule is CCc1ccc(CCO)cc1C. The van der Waals surface area contributed by atoms with Gasteiger partial charge >= 0.3 is 0 Å². The van der Waals surface area contributed by atoms with Crippen molar-refractivity contribution >= 4 is 0 Å². The van der Waals surface area contributed by atoms with Crippen molar-refractivity contribution in [1.29, 1.82) is 0 Å². The second-order valence-corrected chi connectivity index (χ2v) is 3.09. The molecule has 0 atom stereocenters. The Morgan fingerprint density at radius 3 is 2.58 bits per heavy atom. The molecule has 0 bridgehead atoms. The highest BCUT2D eigenvalue weighted by molar-refractivity contribution is 5.31. The van der Waals surface area contributed by atoms with Crippen molar-refractivity contribution in [2.75, 3.05) is 6.61 Å². The summed E-state index contributed by atoms with van der Waals surface area (Å²) in [6.45, 7) is 4.53. The van der Waals surface area contributed by atoms with E-state index in [0.29, 0.717) is 0 Å². The topological polar surface area (TPSA) is 20.2 Å². The Labute approximate surface area is 74.1 Å². The van der Waals surface area contributed by atoms with Crippen molar-refractivity contribution in [3.63, 3.8) is 0 Å². The molecular formula is C11H16O. The first-order chi connectivity index (χ1) is 5.77. The van der Waals surface area contributed by atoms with Crippen molar-refractivity contribution in [2.24, 2.45) is 0 Å². The van der Waals surface area contributed by atoms with Crippen molar-refractivity contribution in [2.45, 2.75) is 26.7 Å². The van der Waals surface area contributed by atoms with Crippen LogP contribution in [-0.2, 0) is 12.8 Å². The average molecular weight is 164 g/mol. The number of benzene rings is 1. The lowest BCUT2D eigenvalue weighted by Gasteiger charge is -2.05. The fourth-order valence-electron chi connectivity index (χ4n) is 1.44. The average Bonchev–Trinajstić information content (AvgIpc) is 2.05.